The Morgan fingerprint density at radius 1 is 0.950 bits per heavy atom. The predicted molar refractivity (Wildman–Crippen MR) is 158 cm³/mol. The van der Waals surface area contributed by atoms with Crippen molar-refractivity contribution >= 4 is 34.3 Å². The summed E-state index contributed by atoms with van der Waals surface area (Å²) >= 11 is 0. The molecule has 40 heavy (non-hydrogen) atoms. The van der Waals surface area contributed by atoms with E-state index in [0.717, 1.165) is 34.6 Å². The molecule has 1 amide bonds. The average Bonchev–Trinajstić information content (AvgIpc) is 2.98. The Balaban J connectivity index is 1.50. The van der Waals surface area contributed by atoms with Crippen LogP contribution in [-0.4, -0.2) is 41.6 Å². The summed E-state index contributed by atoms with van der Waals surface area (Å²) in [5.41, 5.74) is 8.10. The zero-order valence-corrected chi connectivity index (χ0v) is 22.8. The summed E-state index contributed by atoms with van der Waals surface area (Å²) in [7, 11) is 5.35. The smallest absolute Gasteiger partial charge is 0.280 e. The van der Waals surface area contributed by atoms with Gasteiger partial charge in [0, 0.05) is 43.6 Å². The molecule has 0 saturated heterocycles. The number of nitrogens with zero attached hydrogens (tertiary/aromatic N) is 4. The van der Waals surface area contributed by atoms with E-state index in [1.54, 1.807) is 4.57 Å². The number of hydrogen-bond donors (Lipinski definition) is 2. The number of hydroxylamine groups is 1. The van der Waals surface area contributed by atoms with Crippen molar-refractivity contribution in [3.8, 4) is 16.8 Å². The van der Waals surface area contributed by atoms with E-state index in [1.807, 2.05) is 62.6 Å². The highest BCUT2D eigenvalue weighted by atomic mass is 16.6. The summed E-state index contributed by atoms with van der Waals surface area (Å²) in [6, 6.07) is 24.2. The number of fused-ring (bicyclic) bond motifs is 1. The SMILES string of the molecule is CCc1ccc(-n2cc(C(=O)NOC)c(=O)c3cnc(Nc4ccc(-c5ccc(N(C)C)cc5)cc4)nc32)cc1. The summed E-state index contributed by atoms with van der Waals surface area (Å²) in [4.78, 5) is 41.6. The van der Waals surface area contributed by atoms with Gasteiger partial charge in [0.2, 0.25) is 11.4 Å². The molecule has 0 fully saturated rings. The Kier molecular flexibility index (Phi) is 7.56. The van der Waals surface area contributed by atoms with E-state index in [1.165, 1.54) is 25.1 Å². The molecule has 0 aliphatic heterocycles. The van der Waals surface area contributed by atoms with Gasteiger partial charge < -0.3 is 14.8 Å². The lowest BCUT2D eigenvalue weighted by atomic mass is 10.0. The van der Waals surface area contributed by atoms with Gasteiger partial charge in [-0.1, -0.05) is 43.3 Å². The first-order valence-electron chi connectivity index (χ1n) is 12.9. The first kappa shape index (κ1) is 26.6. The third-order valence-corrected chi connectivity index (χ3v) is 6.66. The maximum absolute atomic E-state index is 13.2. The number of benzene rings is 3. The number of aromatic nitrogens is 3. The first-order valence-corrected chi connectivity index (χ1v) is 12.9. The van der Waals surface area contributed by atoms with Gasteiger partial charge in [-0.2, -0.15) is 4.98 Å². The summed E-state index contributed by atoms with van der Waals surface area (Å²) in [6.07, 6.45) is 3.81. The van der Waals surface area contributed by atoms with Crippen molar-refractivity contribution in [2.24, 2.45) is 0 Å². The molecule has 5 rings (SSSR count). The van der Waals surface area contributed by atoms with E-state index in [2.05, 4.69) is 56.9 Å². The third kappa shape index (κ3) is 5.41. The highest BCUT2D eigenvalue weighted by Gasteiger charge is 2.18. The number of hydrogen-bond acceptors (Lipinski definition) is 7. The number of carbonyl (C=O) groups excluding carboxylic acids is 1. The van der Waals surface area contributed by atoms with E-state index in [9.17, 15) is 9.59 Å². The number of carbonyl (C=O) groups is 1. The molecule has 9 heteroatoms. The Morgan fingerprint density at radius 3 is 2.20 bits per heavy atom. The van der Waals surface area contributed by atoms with Gasteiger partial charge in [0.1, 0.15) is 5.56 Å². The molecule has 0 aliphatic carbocycles. The van der Waals surface area contributed by atoms with E-state index < -0.39 is 11.3 Å². The van der Waals surface area contributed by atoms with Crippen molar-refractivity contribution in [1.82, 2.24) is 20.0 Å². The maximum Gasteiger partial charge on any atom is 0.280 e. The fraction of sp³-hybridized carbons (Fsp3) is 0.161. The Bertz CT molecular complexity index is 1710. The summed E-state index contributed by atoms with van der Waals surface area (Å²) in [6.45, 7) is 2.08. The minimum absolute atomic E-state index is 0.0765. The molecule has 3 aromatic carbocycles. The number of amides is 1. The number of pyridine rings is 1. The molecule has 5 aromatic rings. The third-order valence-electron chi connectivity index (χ3n) is 6.66. The molecule has 0 bridgehead atoms. The molecule has 2 aromatic heterocycles. The van der Waals surface area contributed by atoms with Crippen LogP contribution in [0, 0.1) is 0 Å². The van der Waals surface area contributed by atoms with Crippen molar-refractivity contribution in [2.45, 2.75) is 13.3 Å². The highest BCUT2D eigenvalue weighted by Crippen LogP contribution is 2.25. The molecular weight excluding hydrogens is 504 g/mol. The van der Waals surface area contributed by atoms with Crippen LogP contribution in [0.15, 0.2) is 90.0 Å². The fourth-order valence-corrected chi connectivity index (χ4v) is 4.40. The number of anilines is 3. The van der Waals surface area contributed by atoms with E-state index >= 15 is 0 Å². The minimum atomic E-state index is -0.646. The van der Waals surface area contributed by atoms with Crippen molar-refractivity contribution in [3.63, 3.8) is 0 Å². The molecule has 0 spiro atoms. The Morgan fingerprint density at radius 2 is 1.60 bits per heavy atom. The van der Waals surface area contributed by atoms with Gasteiger partial charge in [0.15, 0.2) is 5.65 Å². The second-order valence-corrected chi connectivity index (χ2v) is 9.47. The standard InChI is InChI=1S/C31H30N6O3/c1-5-20-6-14-25(15-7-20)37-19-27(30(39)35-40-4)28(38)26-18-32-31(34-29(26)37)33-23-12-8-21(9-13-23)22-10-16-24(17-11-22)36(2)3/h6-19H,5H2,1-4H3,(H,35,39)(H,32,33,34). The lowest BCUT2D eigenvalue weighted by molar-refractivity contribution is 0.0536. The lowest BCUT2D eigenvalue weighted by Crippen LogP contribution is -2.29. The van der Waals surface area contributed by atoms with Crippen molar-refractivity contribution in [2.75, 3.05) is 31.4 Å². The van der Waals surface area contributed by atoms with E-state index in [0.29, 0.717) is 11.6 Å². The van der Waals surface area contributed by atoms with Gasteiger partial charge in [0.05, 0.1) is 12.5 Å². The molecule has 0 aliphatic rings. The zero-order chi connectivity index (χ0) is 28.2. The fourth-order valence-electron chi connectivity index (χ4n) is 4.40. The van der Waals surface area contributed by atoms with Crippen LogP contribution in [0.5, 0.6) is 0 Å². The van der Waals surface area contributed by atoms with Crippen LogP contribution in [0.25, 0.3) is 27.8 Å². The van der Waals surface area contributed by atoms with Crippen molar-refractivity contribution < 1.29 is 9.63 Å². The summed E-state index contributed by atoms with van der Waals surface area (Å²) in [5.74, 6) is -0.324. The van der Waals surface area contributed by atoms with Crippen LogP contribution in [0.1, 0.15) is 22.8 Å². The molecule has 0 atom stereocenters. The second-order valence-electron chi connectivity index (χ2n) is 9.47. The van der Waals surface area contributed by atoms with Crippen LogP contribution in [0.2, 0.25) is 0 Å². The monoisotopic (exact) mass is 534 g/mol. The topological polar surface area (TPSA) is 101 Å². The molecule has 2 heterocycles. The Hall–Kier alpha value is -5.02. The van der Waals surface area contributed by atoms with Crippen molar-refractivity contribution in [3.05, 3.63) is 107 Å². The summed E-state index contributed by atoms with van der Waals surface area (Å²) < 4.78 is 1.72. The minimum Gasteiger partial charge on any atom is -0.378 e. The molecule has 0 radical (unpaired) electrons. The molecule has 0 unspecified atom stereocenters. The first-order chi connectivity index (χ1) is 19.4. The predicted octanol–water partition coefficient (Wildman–Crippen LogP) is 5.11. The van der Waals surface area contributed by atoms with Crippen LogP contribution in [0.4, 0.5) is 17.3 Å². The van der Waals surface area contributed by atoms with Crippen LogP contribution in [0.3, 0.4) is 0 Å². The largest absolute Gasteiger partial charge is 0.378 e. The number of rotatable bonds is 8. The molecule has 9 nitrogen and oxygen atoms in total. The van der Waals surface area contributed by atoms with Gasteiger partial charge in [0.25, 0.3) is 5.91 Å². The molecule has 202 valence electrons. The molecule has 2 N–H and O–H groups in total. The quantitative estimate of drug-likeness (QED) is 0.267. The normalized spacial score (nSPS) is 10.9. The van der Waals surface area contributed by atoms with Gasteiger partial charge in [-0.25, -0.2) is 10.5 Å². The van der Waals surface area contributed by atoms with Gasteiger partial charge in [-0.15, -0.1) is 0 Å². The molecule has 0 saturated carbocycles. The van der Waals surface area contributed by atoms with Crippen LogP contribution in [-0.2, 0) is 11.3 Å². The maximum atomic E-state index is 13.2. The number of aryl methyl sites for hydroxylation is 1. The van der Waals surface area contributed by atoms with Gasteiger partial charge in [-0.05, 0) is 59.5 Å². The number of nitrogens with one attached hydrogen (secondary N) is 2. The second kappa shape index (κ2) is 11.4. The van der Waals surface area contributed by atoms with Gasteiger partial charge >= 0.3 is 0 Å². The van der Waals surface area contributed by atoms with E-state index in [-0.39, 0.29) is 10.9 Å². The lowest BCUT2D eigenvalue weighted by Gasteiger charge is -2.14. The highest BCUT2D eigenvalue weighted by molar-refractivity contribution is 5.96. The van der Waals surface area contributed by atoms with Gasteiger partial charge in [-0.3, -0.25) is 14.4 Å². The van der Waals surface area contributed by atoms with Crippen LogP contribution < -0.4 is 21.1 Å². The van der Waals surface area contributed by atoms with Crippen molar-refractivity contribution in [1.29, 1.82) is 0 Å². The van der Waals surface area contributed by atoms with E-state index in [4.69, 9.17) is 4.84 Å². The summed E-state index contributed by atoms with van der Waals surface area (Å²) in [5, 5.41) is 3.44. The molecular formula is C31H30N6O3. The van der Waals surface area contributed by atoms with Crippen LogP contribution >= 0.6 is 0 Å². The zero-order valence-electron chi connectivity index (χ0n) is 22.8. The Labute approximate surface area is 232 Å². The average molecular weight is 535 g/mol.